The summed E-state index contributed by atoms with van der Waals surface area (Å²) in [4.78, 5) is 35.7. The Labute approximate surface area is 206 Å². The maximum Gasteiger partial charge on any atom is 0.418 e. The number of hydrogen-bond donors (Lipinski definition) is 3. The maximum atomic E-state index is 13.1. The van der Waals surface area contributed by atoms with Crippen molar-refractivity contribution in [3.63, 3.8) is 0 Å². The number of hydrogen-bond acceptors (Lipinski definition) is 6. The minimum absolute atomic E-state index is 0.157. The molecule has 0 fully saturated rings. The predicted octanol–water partition coefficient (Wildman–Crippen LogP) is 3.49. The fraction of sp³-hybridized carbons (Fsp3) is 0.333. The second kappa shape index (κ2) is 13.1. The number of nitrogens with one attached hydrogen (secondary N) is 3. The lowest BCUT2D eigenvalue weighted by Crippen LogP contribution is -2.41. The van der Waals surface area contributed by atoms with Gasteiger partial charge in [-0.25, -0.2) is 5.43 Å². The van der Waals surface area contributed by atoms with Crippen LogP contribution >= 0.6 is 0 Å². The van der Waals surface area contributed by atoms with Crippen molar-refractivity contribution < 1.29 is 37.0 Å². The summed E-state index contributed by atoms with van der Waals surface area (Å²) >= 11 is 0. The van der Waals surface area contributed by atoms with Crippen LogP contribution in [0.4, 0.5) is 18.9 Å². The molecule has 36 heavy (non-hydrogen) atoms. The Balaban J connectivity index is 2.01. The summed E-state index contributed by atoms with van der Waals surface area (Å²) in [6, 6.07) is 8.99. The Morgan fingerprint density at radius 1 is 1.03 bits per heavy atom. The van der Waals surface area contributed by atoms with E-state index in [1.54, 1.807) is 19.9 Å². The summed E-state index contributed by atoms with van der Waals surface area (Å²) in [5, 5.41) is 8.44. The lowest BCUT2D eigenvalue weighted by Gasteiger charge is -2.15. The molecule has 0 saturated carbocycles. The molecule has 2 rings (SSSR count). The van der Waals surface area contributed by atoms with Crippen LogP contribution in [0.1, 0.15) is 38.3 Å². The predicted molar refractivity (Wildman–Crippen MR) is 127 cm³/mol. The molecule has 2 aromatic carbocycles. The second-order valence-corrected chi connectivity index (χ2v) is 7.50. The summed E-state index contributed by atoms with van der Waals surface area (Å²) in [6.07, 6.45) is -2.68. The van der Waals surface area contributed by atoms with Gasteiger partial charge in [0.25, 0.3) is 5.91 Å². The minimum Gasteiger partial charge on any atom is -0.490 e. The molecule has 12 heteroatoms. The highest BCUT2D eigenvalue weighted by Gasteiger charge is 2.33. The van der Waals surface area contributed by atoms with Crippen molar-refractivity contribution in [2.24, 2.45) is 5.10 Å². The third-order valence-electron chi connectivity index (χ3n) is 4.71. The lowest BCUT2D eigenvalue weighted by atomic mass is 10.1. The molecule has 0 radical (unpaired) electrons. The van der Waals surface area contributed by atoms with Crippen molar-refractivity contribution >= 4 is 29.6 Å². The fourth-order valence-corrected chi connectivity index (χ4v) is 2.77. The molecule has 3 N–H and O–H groups in total. The van der Waals surface area contributed by atoms with Gasteiger partial charge in [0.05, 0.1) is 24.1 Å². The van der Waals surface area contributed by atoms with Crippen LogP contribution < -0.4 is 25.5 Å². The van der Waals surface area contributed by atoms with Gasteiger partial charge in [-0.2, -0.15) is 18.3 Å². The molecule has 0 aliphatic heterocycles. The summed E-state index contributed by atoms with van der Waals surface area (Å²) in [5.74, 6) is -2.11. The van der Waals surface area contributed by atoms with Gasteiger partial charge in [0.15, 0.2) is 18.1 Å². The van der Waals surface area contributed by atoms with Crippen molar-refractivity contribution in [3.05, 3.63) is 53.6 Å². The number of carbonyl (C=O) groups is 3. The number of amides is 3. The number of ether oxygens (including phenoxy) is 2. The van der Waals surface area contributed by atoms with Gasteiger partial charge in [-0.1, -0.05) is 19.1 Å². The van der Waals surface area contributed by atoms with Crippen molar-refractivity contribution in [3.8, 4) is 11.5 Å². The number of halogens is 3. The number of para-hydroxylation sites is 1. The molecule has 9 nitrogen and oxygen atoms in total. The smallest absolute Gasteiger partial charge is 0.418 e. The molecule has 3 amide bonds. The van der Waals surface area contributed by atoms with E-state index in [-0.39, 0.29) is 29.8 Å². The van der Waals surface area contributed by atoms with E-state index in [2.05, 4.69) is 21.2 Å². The Bertz CT molecular complexity index is 1110. The Morgan fingerprint density at radius 3 is 2.42 bits per heavy atom. The van der Waals surface area contributed by atoms with Crippen LogP contribution in [0.5, 0.6) is 11.5 Å². The van der Waals surface area contributed by atoms with Crippen molar-refractivity contribution in [2.75, 3.05) is 18.5 Å². The Hall–Kier alpha value is -4.09. The van der Waals surface area contributed by atoms with Gasteiger partial charge in [-0.05, 0) is 56.2 Å². The van der Waals surface area contributed by atoms with E-state index in [9.17, 15) is 27.6 Å². The highest BCUT2D eigenvalue weighted by molar-refractivity contribution is 6.35. The van der Waals surface area contributed by atoms with Gasteiger partial charge in [0.1, 0.15) is 0 Å². The largest absolute Gasteiger partial charge is 0.490 e. The van der Waals surface area contributed by atoms with Crippen molar-refractivity contribution in [1.82, 2.24) is 10.7 Å². The van der Waals surface area contributed by atoms with Gasteiger partial charge >= 0.3 is 18.0 Å². The first-order chi connectivity index (χ1) is 17.0. The first-order valence-corrected chi connectivity index (χ1v) is 11.0. The van der Waals surface area contributed by atoms with Crippen LogP contribution in [0.25, 0.3) is 0 Å². The number of hydrazone groups is 1. The molecule has 1 atom stereocenters. The van der Waals surface area contributed by atoms with Crippen molar-refractivity contribution in [2.45, 2.75) is 39.4 Å². The summed E-state index contributed by atoms with van der Waals surface area (Å²) in [6.45, 7) is 5.04. The van der Waals surface area contributed by atoms with Gasteiger partial charge < -0.3 is 20.1 Å². The zero-order chi connectivity index (χ0) is 26.7. The van der Waals surface area contributed by atoms with E-state index in [4.69, 9.17) is 9.47 Å². The Morgan fingerprint density at radius 2 is 1.75 bits per heavy atom. The molecular formula is C24H27F3N4O5. The fourth-order valence-electron chi connectivity index (χ4n) is 2.77. The molecule has 0 aromatic heterocycles. The quantitative estimate of drug-likeness (QED) is 0.258. The van der Waals surface area contributed by atoms with Crippen LogP contribution in [0.15, 0.2) is 47.6 Å². The molecule has 0 saturated heterocycles. The van der Waals surface area contributed by atoms with Gasteiger partial charge in [0, 0.05) is 6.04 Å². The average molecular weight is 508 g/mol. The topological polar surface area (TPSA) is 118 Å². The van der Waals surface area contributed by atoms with Gasteiger partial charge in [-0.15, -0.1) is 0 Å². The lowest BCUT2D eigenvalue weighted by molar-refractivity contribution is -0.139. The molecule has 0 unspecified atom stereocenters. The second-order valence-electron chi connectivity index (χ2n) is 7.50. The van der Waals surface area contributed by atoms with Gasteiger partial charge in [0.2, 0.25) is 0 Å². The molecule has 194 valence electrons. The molecule has 2 aromatic rings. The van der Waals surface area contributed by atoms with E-state index >= 15 is 0 Å². The number of carbonyl (C=O) groups excluding carboxylic acids is 3. The Kier molecular flexibility index (Phi) is 10.3. The number of nitrogens with zero attached hydrogens (tertiary/aromatic N) is 1. The number of benzene rings is 2. The highest BCUT2D eigenvalue weighted by atomic mass is 19.4. The third kappa shape index (κ3) is 8.60. The van der Waals surface area contributed by atoms with Gasteiger partial charge in [-0.3, -0.25) is 14.4 Å². The summed E-state index contributed by atoms with van der Waals surface area (Å²) in [5.41, 5.74) is 1.25. The van der Waals surface area contributed by atoms with Crippen LogP contribution in [0.2, 0.25) is 0 Å². The monoisotopic (exact) mass is 508 g/mol. The first-order valence-electron chi connectivity index (χ1n) is 11.0. The van der Waals surface area contributed by atoms with E-state index in [0.717, 1.165) is 12.1 Å². The van der Waals surface area contributed by atoms with E-state index in [1.165, 1.54) is 30.5 Å². The van der Waals surface area contributed by atoms with Crippen LogP contribution in [-0.4, -0.2) is 43.2 Å². The first kappa shape index (κ1) is 28.1. The molecular weight excluding hydrogens is 481 g/mol. The van der Waals surface area contributed by atoms with E-state index < -0.39 is 36.1 Å². The van der Waals surface area contributed by atoms with E-state index in [0.29, 0.717) is 12.0 Å². The molecule has 0 aliphatic rings. The highest BCUT2D eigenvalue weighted by Crippen LogP contribution is 2.34. The minimum atomic E-state index is -4.62. The summed E-state index contributed by atoms with van der Waals surface area (Å²) in [7, 11) is 0. The normalized spacial score (nSPS) is 12.1. The third-order valence-corrected chi connectivity index (χ3v) is 4.71. The van der Waals surface area contributed by atoms with E-state index in [1.807, 2.05) is 6.92 Å². The standard InChI is InChI=1S/C24H27F3N4O5/c1-4-15(3)29-22(33)23(34)31-28-13-16-10-11-19(20(12-16)35-5-2)36-14-21(32)30-18-9-7-6-8-17(18)24(25,26)27/h6-13,15H,4-5,14H2,1-3H3,(H,29,33)(H,30,32)(H,31,34)/b28-13-/t15-/m0/s1. The average Bonchev–Trinajstić information content (AvgIpc) is 2.83. The van der Waals surface area contributed by atoms with Crippen LogP contribution in [0, 0.1) is 0 Å². The molecule has 0 spiro atoms. The number of rotatable bonds is 10. The zero-order valence-electron chi connectivity index (χ0n) is 19.9. The van der Waals surface area contributed by atoms with Crippen LogP contribution in [-0.2, 0) is 20.6 Å². The molecule has 0 heterocycles. The number of anilines is 1. The maximum absolute atomic E-state index is 13.1. The zero-order valence-corrected chi connectivity index (χ0v) is 19.9. The molecule has 0 aliphatic carbocycles. The van der Waals surface area contributed by atoms with Crippen LogP contribution in [0.3, 0.4) is 0 Å². The molecule has 0 bridgehead atoms. The number of alkyl halides is 3. The summed E-state index contributed by atoms with van der Waals surface area (Å²) < 4.78 is 50.3. The SMILES string of the molecule is CCOc1cc(/C=N\NC(=O)C(=O)N[C@@H](C)CC)ccc1OCC(=O)Nc1ccccc1C(F)(F)F. The van der Waals surface area contributed by atoms with Crippen molar-refractivity contribution in [1.29, 1.82) is 0 Å².